The number of anilines is 1. The lowest BCUT2D eigenvalue weighted by Crippen LogP contribution is -2.45. The molecule has 0 saturated carbocycles. The SMILES string of the molecule is NC(=O)c1c(-c2ccccc2)cccc1-c1ccc(N2CCN(Cc3ccccc3)CC2)cc1. The summed E-state index contributed by atoms with van der Waals surface area (Å²) >= 11 is 0. The van der Waals surface area contributed by atoms with Crippen molar-refractivity contribution in [3.8, 4) is 22.3 Å². The van der Waals surface area contributed by atoms with Crippen LogP contribution >= 0.6 is 0 Å². The molecule has 170 valence electrons. The number of piperazine rings is 1. The molecule has 0 atom stereocenters. The summed E-state index contributed by atoms with van der Waals surface area (Å²) in [5, 5.41) is 0. The van der Waals surface area contributed by atoms with E-state index >= 15 is 0 Å². The van der Waals surface area contributed by atoms with Crippen LogP contribution in [0.4, 0.5) is 5.69 Å². The third kappa shape index (κ3) is 4.73. The van der Waals surface area contributed by atoms with Crippen LogP contribution in [0.15, 0.2) is 103 Å². The van der Waals surface area contributed by atoms with Crippen LogP contribution in [0.3, 0.4) is 0 Å². The van der Waals surface area contributed by atoms with E-state index in [0.717, 1.165) is 55.0 Å². The molecule has 4 heteroatoms. The predicted octanol–water partition coefficient (Wildman–Crippen LogP) is 5.44. The molecule has 2 N–H and O–H groups in total. The highest BCUT2D eigenvalue weighted by Crippen LogP contribution is 2.33. The van der Waals surface area contributed by atoms with Crippen LogP contribution in [0.5, 0.6) is 0 Å². The van der Waals surface area contributed by atoms with Crippen LogP contribution in [-0.4, -0.2) is 37.0 Å². The van der Waals surface area contributed by atoms with Gasteiger partial charge in [-0.15, -0.1) is 0 Å². The zero-order valence-corrected chi connectivity index (χ0v) is 19.2. The van der Waals surface area contributed by atoms with Gasteiger partial charge >= 0.3 is 0 Å². The Morgan fingerprint density at radius 3 is 1.79 bits per heavy atom. The topological polar surface area (TPSA) is 49.6 Å². The number of nitrogens with zero attached hydrogens (tertiary/aromatic N) is 2. The number of primary amides is 1. The van der Waals surface area contributed by atoms with Crippen molar-refractivity contribution in [3.05, 3.63) is 114 Å². The molecule has 34 heavy (non-hydrogen) atoms. The maximum absolute atomic E-state index is 12.5. The Bertz CT molecular complexity index is 1250. The van der Waals surface area contributed by atoms with Crippen LogP contribution in [-0.2, 0) is 6.54 Å². The van der Waals surface area contributed by atoms with Gasteiger partial charge in [0.25, 0.3) is 0 Å². The molecule has 1 aliphatic rings. The maximum atomic E-state index is 12.5. The van der Waals surface area contributed by atoms with Crippen molar-refractivity contribution in [2.24, 2.45) is 5.73 Å². The van der Waals surface area contributed by atoms with Crippen LogP contribution in [0.1, 0.15) is 15.9 Å². The molecule has 1 amide bonds. The molecule has 4 aromatic rings. The highest BCUT2D eigenvalue weighted by Gasteiger charge is 2.19. The fraction of sp³-hybridized carbons (Fsp3) is 0.167. The molecule has 0 bridgehead atoms. The first-order valence-electron chi connectivity index (χ1n) is 11.8. The van der Waals surface area contributed by atoms with E-state index in [1.54, 1.807) is 0 Å². The summed E-state index contributed by atoms with van der Waals surface area (Å²) in [5.41, 5.74) is 12.7. The number of hydrogen-bond acceptors (Lipinski definition) is 3. The van der Waals surface area contributed by atoms with Crippen molar-refractivity contribution in [1.82, 2.24) is 4.90 Å². The summed E-state index contributed by atoms with van der Waals surface area (Å²) in [5.74, 6) is -0.409. The summed E-state index contributed by atoms with van der Waals surface area (Å²) in [6, 6.07) is 35.0. The minimum Gasteiger partial charge on any atom is -0.369 e. The van der Waals surface area contributed by atoms with Gasteiger partial charge in [0.2, 0.25) is 5.91 Å². The first-order valence-corrected chi connectivity index (χ1v) is 11.8. The van der Waals surface area contributed by atoms with Gasteiger partial charge in [-0.1, -0.05) is 91.0 Å². The van der Waals surface area contributed by atoms with E-state index in [-0.39, 0.29) is 0 Å². The zero-order chi connectivity index (χ0) is 23.3. The van der Waals surface area contributed by atoms with E-state index in [4.69, 9.17) is 5.73 Å². The number of hydrogen-bond donors (Lipinski definition) is 1. The molecule has 1 heterocycles. The molecule has 0 aromatic heterocycles. The summed E-state index contributed by atoms with van der Waals surface area (Å²) in [6.45, 7) is 5.09. The van der Waals surface area contributed by atoms with E-state index in [1.165, 1.54) is 11.3 Å². The second kappa shape index (κ2) is 9.94. The van der Waals surface area contributed by atoms with Gasteiger partial charge in [0.15, 0.2) is 0 Å². The molecule has 5 rings (SSSR count). The molecule has 1 saturated heterocycles. The van der Waals surface area contributed by atoms with Gasteiger partial charge in [0.05, 0.1) is 5.56 Å². The number of carbonyl (C=O) groups excluding carboxylic acids is 1. The first-order chi connectivity index (χ1) is 16.7. The molecule has 0 radical (unpaired) electrons. The van der Waals surface area contributed by atoms with Crippen molar-refractivity contribution >= 4 is 11.6 Å². The number of rotatable bonds is 6. The van der Waals surface area contributed by atoms with E-state index < -0.39 is 5.91 Å². The highest BCUT2D eigenvalue weighted by atomic mass is 16.1. The van der Waals surface area contributed by atoms with Gasteiger partial charge in [0.1, 0.15) is 0 Å². The fourth-order valence-corrected chi connectivity index (χ4v) is 4.77. The Morgan fingerprint density at radius 2 is 1.21 bits per heavy atom. The van der Waals surface area contributed by atoms with E-state index in [9.17, 15) is 4.79 Å². The van der Waals surface area contributed by atoms with E-state index in [2.05, 4.69) is 64.4 Å². The molecule has 0 spiro atoms. The summed E-state index contributed by atoms with van der Waals surface area (Å²) in [6.07, 6.45) is 0. The Morgan fingerprint density at radius 1 is 0.647 bits per heavy atom. The normalized spacial score (nSPS) is 14.2. The van der Waals surface area contributed by atoms with Crippen molar-refractivity contribution in [2.45, 2.75) is 6.54 Å². The van der Waals surface area contributed by atoms with Crippen molar-refractivity contribution in [3.63, 3.8) is 0 Å². The number of benzene rings is 4. The van der Waals surface area contributed by atoms with Crippen molar-refractivity contribution in [1.29, 1.82) is 0 Å². The van der Waals surface area contributed by atoms with Crippen LogP contribution in [0.25, 0.3) is 22.3 Å². The lowest BCUT2D eigenvalue weighted by Gasteiger charge is -2.36. The highest BCUT2D eigenvalue weighted by molar-refractivity contribution is 6.06. The van der Waals surface area contributed by atoms with Crippen LogP contribution < -0.4 is 10.6 Å². The standard InChI is InChI=1S/C30H29N3O/c31-30(34)29-27(24-10-5-2-6-11-24)12-7-13-28(29)25-14-16-26(17-15-25)33-20-18-32(19-21-33)22-23-8-3-1-4-9-23/h1-17H,18-22H2,(H2,31,34). The summed E-state index contributed by atoms with van der Waals surface area (Å²) in [4.78, 5) is 17.4. The minimum atomic E-state index is -0.409. The molecular weight excluding hydrogens is 418 g/mol. The summed E-state index contributed by atoms with van der Waals surface area (Å²) in [7, 11) is 0. The lowest BCUT2D eigenvalue weighted by atomic mass is 9.91. The quantitative estimate of drug-likeness (QED) is 0.428. The summed E-state index contributed by atoms with van der Waals surface area (Å²) < 4.78 is 0. The predicted molar refractivity (Wildman–Crippen MR) is 140 cm³/mol. The van der Waals surface area contributed by atoms with Gasteiger partial charge < -0.3 is 10.6 Å². The average molecular weight is 448 g/mol. The van der Waals surface area contributed by atoms with Gasteiger partial charge in [-0.05, 0) is 39.9 Å². The van der Waals surface area contributed by atoms with Gasteiger partial charge in [-0.2, -0.15) is 0 Å². The third-order valence-corrected chi connectivity index (χ3v) is 6.56. The molecule has 1 fully saturated rings. The largest absolute Gasteiger partial charge is 0.369 e. The number of nitrogens with two attached hydrogens (primary N) is 1. The second-order valence-corrected chi connectivity index (χ2v) is 8.75. The maximum Gasteiger partial charge on any atom is 0.249 e. The van der Waals surface area contributed by atoms with E-state index in [1.807, 2.05) is 48.5 Å². The van der Waals surface area contributed by atoms with E-state index in [0.29, 0.717) is 5.56 Å². The monoisotopic (exact) mass is 447 g/mol. The smallest absolute Gasteiger partial charge is 0.249 e. The average Bonchev–Trinajstić information content (AvgIpc) is 2.90. The molecule has 0 aliphatic carbocycles. The molecule has 4 nitrogen and oxygen atoms in total. The minimum absolute atomic E-state index is 0.409. The zero-order valence-electron chi connectivity index (χ0n) is 19.2. The molecule has 1 aliphatic heterocycles. The Labute approximate surface area is 201 Å². The van der Waals surface area contributed by atoms with Gasteiger partial charge in [-0.25, -0.2) is 0 Å². The van der Waals surface area contributed by atoms with Gasteiger partial charge in [-0.3, -0.25) is 9.69 Å². The fourth-order valence-electron chi connectivity index (χ4n) is 4.77. The second-order valence-electron chi connectivity index (χ2n) is 8.75. The Hall–Kier alpha value is -3.89. The van der Waals surface area contributed by atoms with Crippen LogP contribution in [0, 0.1) is 0 Å². The first kappa shape index (κ1) is 21.9. The lowest BCUT2D eigenvalue weighted by molar-refractivity contribution is 0.100. The van der Waals surface area contributed by atoms with Gasteiger partial charge in [0, 0.05) is 38.4 Å². The van der Waals surface area contributed by atoms with Crippen LogP contribution in [0.2, 0.25) is 0 Å². The third-order valence-electron chi connectivity index (χ3n) is 6.56. The number of carbonyl (C=O) groups is 1. The van der Waals surface area contributed by atoms with Crippen molar-refractivity contribution in [2.75, 3.05) is 31.1 Å². The Balaban J connectivity index is 1.33. The molecule has 0 unspecified atom stereocenters. The Kier molecular flexibility index (Phi) is 6.41. The number of amides is 1. The molecule has 4 aromatic carbocycles. The molecular formula is C30H29N3O. The van der Waals surface area contributed by atoms with Crippen molar-refractivity contribution < 1.29 is 4.79 Å².